The van der Waals surface area contributed by atoms with Crippen molar-refractivity contribution in [1.29, 1.82) is 0 Å². The smallest absolute Gasteiger partial charge is 0.271 e. The molecule has 1 aromatic carbocycles. The number of anilines is 1. The quantitative estimate of drug-likeness (QED) is 0.638. The van der Waals surface area contributed by atoms with E-state index in [0.717, 1.165) is 12.0 Å². The number of carbonyl (C=O) groups is 1. The van der Waals surface area contributed by atoms with Crippen molar-refractivity contribution < 1.29 is 9.72 Å². The van der Waals surface area contributed by atoms with E-state index in [-0.39, 0.29) is 18.0 Å². The predicted molar refractivity (Wildman–Crippen MR) is 77.1 cm³/mol. The van der Waals surface area contributed by atoms with E-state index >= 15 is 0 Å². The minimum atomic E-state index is -0.444. The number of nitro benzene ring substituents is 1. The molecule has 1 aliphatic rings. The highest BCUT2D eigenvalue weighted by Gasteiger charge is 2.26. The number of nitrogens with zero attached hydrogens (tertiary/aromatic N) is 3. The van der Waals surface area contributed by atoms with E-state index in [1.165, 1.54) is 12.1 Å². The lowest BCUT2D eigenvalue weighted by Gasteiger charge is -2.16. The molecular formula is C15H13N3O3. The second-order valence-corrected chi connectivity index (χ2v) is 4.86. The van der Waals surface area contributed by atoms with Gasteiger partial charge < -0.3 is 4.90 Å². The summed E-state index contributed by atoms with van der Waals surface area (Å²) >= 11 is 0. The fourth-order valence-electron chi connectivity index (χ4n) is 2.49. The molecule has 0 saturated carbocycles. The lowest BCUT2D eigenvalue weighted by Crippen LogP contribution is -2.30. The molecule has 0 saturated heterocycles. The summed E-state index contributed by atoms with van der Waals surface area (Å²) in [6, 6.07) is 10.1. The van der Waals surface area contributed by atoms with Crippen LogP contribution in [0.15, 0.2) is 42.6 Å². The summed E-state index contributed by atoms with van der Waals surface area (Å²) in [7, 11) is 0. The van der Waals surface area contributed by atoms with Gasteiger partial charge in [-0.2, -0.15) is 0 Å². The Morgan fingerprint density at radius 2 is 2.19 bits per heavy atom. The number of rotatable bonds is 3. The first-order valence-corrected chi connectivity index (χ1v) is 6.63. The Morgan fingerprint density at radius 3 is 2.90 bits per heavy atom. The van der Waals surface area contributed by atoms with E-state index in [0.29, 0.717) is 17.9 Å². The number of carbonyl (C=O) groups excluding carboxylic acids is 1. The van der Waals surface area contributed by atoms with Crippen LogP contribution in [0.3, 0.4) is 0 Å². The SMILES string of the molecule is O=C(Cc1ccccn1)N1CCc2ccc([N+](=O)[O-])cc21. The van der Waals surface area contributed by atoms with Crippen molar-refractivity contribution in [2.75, 3.05) is 11.4 Å². The summed E-state index contributed by atoms with van der Waals surface area (Å²) in [6.07, 6.45) is 2.57. The maximum Gasteiger partial charge on any atom is 0.271 e. The molecule has 6 heteroatoms. The van der Waals surface area contributed by atoms with Gasteiger partial charge in [0.15, 0.2) is 0 Å². The highest BCUT2D eigenvalue weighted by atomic mass is 16.6. The Bertz CT molecular complexity index is 701. The summed E-state index contributed by atoms with van der Waals surface area (Å²) in [5.41, 5.74) is 2.31. The van der Waals surface area contributed by atoms with Crippen molar-refractivity contribution in [2.24, 2.45) is 0 Å². The van der Waals surface area contributed by atoms with Gasteiger partial charge in [0.05, 0.1) is 17.0 Å². The molecule has 0 N–H and O–H groups in total. The Balaban J connectivity index is 1.84. The highest BCUT2D eigenvalue weighted by molar-refractivity contribution is 5.96. The molecule has 21 heavy (non-hydrogen) atoms. The zero-order valence-electron chi connectivity index (χ0n) is 11.2. The average molecular weight is 283 g/mol. The van der Waals surface area contributed by atoms with Crippen molar-refractivity contribution >= 4 is 17.3 Å². The molecule has 0 atom stereocenters. The first kappa shape index (κ1) is 13.2. The van der Waals surface area contributed by atoms with E-state index in [1.54, 1.807) is 29.3 Å². The number of non-ortho nitro benzene ring substituents is 1. The van der Waals surface area contributed by atoms with Crippen LogP contribution in [-0.2, 0) is 17.6 Å². The molecule has 0 unspecified atom stereocenters. The molecule has 0 bridgehead atoms. The van der Waals surface area contributed by atoms with Crippen molar-refractivity contribution in [3.05, 3.63) is 64.0 Å². The molecular weight excluding hydrogens is 270 g/mol. The summed E-state index contributed by atoms with van der Waals surface area (Å²) in [4.78, 5) is 28.5. The molecule has 0 aliphatic carbocycles. The summed E-state index contributed by atoms with van der Waals surface area (Å²) in [5.74, 6) is -0.0899. The topological polar surface area (TPSA) is 76.3 Å². The molecule has 3 rings (SSSR count). The zero-order valence-corrected chi connectivity index (χ0v) is 11.2. The fraction of sp³-hybridized carbons (Fsp3) is 0.200. The van der Waals surface area contributed by atoms with Crippen molar-refractivity contribution in [1.82, 2.24) is 4.98 Å². The molecule has 1 aliphatic heterocycles. The monoisotopic (exact) mass is 283 g/mol. The molecule has 1 aromatic heterocycles. The summed E-state index contributed by atoms with van der Waals surface area (Å²) in [5, 5.41) is 10.9. The average Bonchev–Trinajstić information content (AvgIpc) is 2.91. The zero-order chi connectivity index (χ0) is 14.8. The number of aromatic nitrogens is 1. The van der Waals surface area contributed by atoms with E-state index < -0.39 is 4.92 Å². The first-order chi connectivity index (χ1) is 10.1. The third kappa shape index (κ3) is 2.60. The van der Waals surface area contributed by atoms with Gasteiger partial charge >= 0.3 is 0 Å². The van der Waals surface area contributed by atoms with Gasteiger partial charge in [-0.05, 0) is 24.1 Å². The van der Waals surface area contributed by atoms with Crippen LogP contribution < -0.4 is 4.90 Å². The minimum Gasteiger partial charge on any atom is -0.311 e. The molecule has 2 heterocycles. The predicted octanol–water partition coefficient (Wildman–Crippen LogP) is 2.12. The summed E-state index contributed by atoms with van der Waals surface area (Å²) in [6.45, 7) is 0.558. The molecule has 1 amide bonds. The number of hydrogen-bond acceptors (Lipinski definition) is 4. The van der Waals surface area contributed by atoms with Crippen LogP contribution in [0.2, 0.25) is 0 Å². The molecule has 106 valence electrons. The summed E-state index contributed by atoms with van der Waals surface area (Å²) < 4.78 is 0. The third-order valence-corrected chi connectivity index (χ3v) is 3.53. The molecule has 0 fully saturated rings. The van der Waals surface area contributed by atoms with E-state index in [1.807, 2.05) is 6.07 Å². The molecule has 2 aromatic rings. The maximum atomic E-state index is 12.4. The van der Waals surface area contributed by atoms with Gasteiger partial charge in [0.2, 0.25) is 5.91 Å². The third-order valence-electron chi connectivity index (χ3n) is 3.53. The lowest BCUT2D eigenvalue weighted by atomic mass is 10.1. The number of hydrogen-bond donors (Lipinski definition) is 0. The van der Waals surface area contributed by atoms with E-state index in [9.17, 15) is 14.9 Å². The Hall–Kier alpha value is -2.76. The number of benzene rings is 1. The van der Waals surface area contributed by atoms with Gasteiger partial charge in [-0.3, -0.25) is 19.9 Å². The minimum absolute atomic E-state index is 0.00582. The maximum absolute atomic E-state index is 12.4. The number of fused-ring (bicyclic) bond motifs is 1. The fourth-order valence-corrected chi connectivity index (χ4v) is 2.49. The Morgan fingerprint density at radius 1 is 1.33 bits per heavy atom. The van der Waals surface area contributed by atoms with Gasteiger partial charge in [-0.15, -0.1) is 0 Å². The molecule has 0 spiro atoms. The molecule has 0 radical (unpaired) electrons. The van der Waals surface area contributed by atoms with Gasteiger partial charge in [0.1, 0.15) is 0 Å². The van der Waals surface area contributed by atoms with E-state index in [2.05, 4.69) is 4.98 Å². The number of nitro groups is 1. The second kappa shape index (κ2) is 5.32. The van der Waals surface area contributed by atoms with Crippen LogP contribution in [0.25, 0.3) is 0 Å². The van der Waals surface area contributed by atoms with Crippen molar-refractivity contribution in [3.8, 4) is 0 Å². The van der Waals surface area contributed by atoms with Gasteiger partial charge in [0, 0.05) is 30.6 Å². The normalized spacial score (nSPS) is 13.0. The van der Waals surface area contributed by atoms with E-state index in [4.69, 9.17) is 0 Å². The van der Waals surface area contributed by atoms with Gasteiger partial charge in [-0.1, -0.05) is 12.1 Å². The van der Waals surface area contributed by atoms with Gasteiger partial charge in [-0.25, -0.2) is 0 Å². The number of pyridine rings is 1. The Kier molecular flexibility index (Phi) is 3.35. The van der Waals surface area contributed by atoms with Crippen LogP contribution >= 0.6 is 0 Å². The van der Waals surface area contributed by atoms with Crippen LogP contribution in [0.4, 0.5) is 11.4 Å². The second-order valence-electron chi connectivity index (χ2n) is 4.86. The van der Waals surface area contributed by atoms with Crippen LogP contribution in [-0.4, -0.2) is 22.4 Å². The van der Waals surface area contributed by atoms with Crippen LogP contribution in [0.5, 0.6) is 0 Å². The lowest BCUT2D eigenvalue weighted by molar-refractivity contribution is -0.384. The van der Waals surface area contributed by atoms with Gasteiger partial charge in [0.25, 0.3) is 5.69 Å². The standard InChI is InChI=1S/C15H13N3O3/c19-15(9-12-3-1-2-7-16-12)17-8-6-11-4-5-13(18(20)21)10-14(11)17/h1-5,7,10H,6,8-9H2. The highest BCUT2D eigenvalue weighted by Crippen LogP contribution is 2.31. The Labute approximate surface area is 121 Å². The van der Waals surface area contributed by atoms with Crippen LogP contribution in [0.1, 0.15) is 11.3 Å². The van der Waals surface area contributed by atoms with Crippen molar-refractivity contribution in [2.45, 2.75) is 12.8 Å². The van der Waals surface area contributed by atoms with Crippen LogP contribution in [0, 0.1) is 10.1 Å². The number of amides is 1. The largest absolute Gasteiger partial charge is 0.311 e. The van der Waals surface area contributed by atoms with Crippen molar-refractivity contribution in [3.63, 3.8) is 0 Å². The first-order valence-electron chi connectivity index (χ1n) is 6.63. The molecule has 6 nitrogen and oxygen atoms in total.